The summed E-state index contributed by atoms with van der Waals surface area (Å²) in [7, 11) is 0. The Balaban J connectivity index is 1.57. The second kappa shape index (κ2) is 7.38. The third kappa shape index (κ3) is 4.80. The highest BCUT2D eigenvalue weighted by Crippen LogP contribution is 2.25. The summed E-state index contributed by atoms with van der Waals surface area (Å²) < 4.78 is 0.791. The van der Waals surface area contributed by atoms with Gasteiger partial charge in [-0.1, -0.05) is 24.4 Å². The lowest BCUT2D eigenvalue weighted by atomic mass is 10.3. The van der Waals surface area contributed by atoms with Gasteiger partial charge in [-0.05, 0) is 25.0 Å². The first-order valence-corrected chi connectivity index (χ1v) is 8.35. The number of nitrogens with one attached hydrogen (secondary N) is 1. The van der Waals surface area contributed by atoms with Crippen molar-refractivity contribution >= 4 is 40.6 Å². The SMILES string of the molecule is O=C(CSCc1ccc(Cl)s1)NOC1CCCC1. The number of thioether (sulfide) groups is 1. The Kier molecular flexibility index (Phi) is 5.82. The second-order valence-corrected chi connectivity index (χ2v) is 7.03. The minimum absolute atomic E-state index is 0.0606. The van der Waals surface area contributed by atoms with E-state index in [1.807, 2.05) is 12.1 Å². The number of hydrogen-bond donors (Lipinski definition) is 1. The summed E-state index contributed by atoms with van der Waals surface area (Å²) in [6.45, 7) is 0. The van der Waals surface area contributed by atoms with E-state index in [0.717, 1.165) is 22.9 Å². The number of amides is 1. The largest absolute Gasteiger partial charge is 0.272 e. The van der Waals surface area contributed by atoms with E-state index in [9.17, 15) is 4.79 Å². The Morgan fingerprint density at radius 1 is 1.50 bits per heavy atom. The molecule has 1 saturated carbocycles. The van der Waals surface area contributed by atoms with Crippen molar-refractivity contribution in [3.63, 3.8) is 0 Å². The van der Waals surface area contributed by atoms with Crippen LogP contribution < -0.4 is 5.48 Å². The molecule has 0 saturated heterocycles. The summed E-state index contributed by atoms with van der Waals surface area (Å²) in [6.07, 6.45) is 4.74. The fraction of sp³-hybridized carbons (Fsp3) is 0.583. The predicted octanol–water partition coefficient (Wildman–Crippen LogP) is 3.63. The van der Waals surface area contributed by atoms with E-state index < -0.39 is 0 Å². The molecule has 0 spiro atoms. The molecule has 0 atom stereocenters. The van der Waals surface area contributed by atoms with Crippen LogP contribution in [0, 0.1) is 0 Å². The lowest BCUT2D eigenvalue weighted by Crippen LogP contribution is -2.29. The van der Waals surface area contributed by atoms with Crippen molar-refractivity contribution in [1.82, 2.24) is 5.48 Å². The third-order valence-electron chi connectivity index (χ3n) is 2.75. The Labute approximate surface area is 120 Å². The van der Waals surface area contributed by atoms with E-state index in [1.165, 1.54) is 17.7 Å². The topological polar surface area (TPSA) is 38.3 Å². The quantitative estimate of drug-likeness (QED) is 0.816. The van der Waals surface area contributed by atoms with E-state index in [0.29, 0.717) is 5.75 Å². The molecule has 0 aliphatic heterocycles. The van der Waals surface area contributed by atoms with Gasteiger partial charge in [0.15, 0.2) is 0 Å². The highest BCUT2D eigenvalue weighted by atomic mass is 35.5. The Morgan fingerprint density at radius 3 is 2.94 bits per heavy atom. The van der Waals surface area contributed by atoms with Crippen LogP contribution in [0.2, 0.25) is 4.34 Å². The van der Waals surface area contributed by atoms with Crippen LogP contribution in [-0.2, 0) is 15.4 Å². The molecule has 1 aliphatic carbocycles. The standard InChI is InChI=1S/C12H16ClNO2S2/c13-11-6-5-10(18-11)7-17-8-12(15)14-16-9-3-1-2-4-9/h5-6,9H,1-4,7-8H2,(H,14,15). The number of rotatable bonds is 6. The monoisotopic (exact) mass is 305 g/mol. The third-order valence-corrected chi connectivity index (χ3v) is 5.14. The smallest absolute Gasteiger partial charge is 0.253 e. The van der Waals surface area contributed by atoms with Gasteiger partial charge in [0.2, 0.25) is 0 Å². The van der Waals surface area contributed by atoms with Gasteiger partial charge in [0.25, 0.3) is 5.91 Å². The zero-order valence-electron chi connectivity index (χ0n) is 9.99. The van der Waals surface area contributed by atoms with Gasteiger partial charge in [-0.3, -0.25) is 9.63 Å². The number of halogens is 1. The molecule has 1 fully saturated rings. The number of thiophene rings is 1. The van der Waals surface area contributed by atoms with Gasteiger partial charge in [-0.2, -0.15) is 0 Å². The fourth-order valence-electron chi connectivity index (χ4n) is 1.86. The van der Waals surface area contributed by atoms with Gasteiger partial charge in [-0.15, -0.1) is 23.1 Å². The molecule has 18 heavy (non-hydrogen) atoms. The van der Waals surface area contributed by atoms with Crippen LogP contribution in [0.1, 0.15) is 30.6 Å². The highest BCUT2D eigenvalue weighted by molar-refractivity contribution is 7.99. The number of carbonyl (C=O) groups is 1. The van der Waals surface area contributed by atoms with Crippen LogP contribution >= 0.6 is 34.7 Å². The minimum atomic E-state index is -0.0606. The van der Waals surface area contributed by atoms with Gasteiger partial charge in [0, 0.05) is 10.6 Å². The minimum Gasteiger partial charge on any atom is -0.272 e. The zero-order chi connectivity index (χ0) is 12.8. The van der Waals surface area contributed by atoms with Crippen molar-refractivity contribution in [3.8, 4) is 0 Å². The molecule has 0 radical (unpaired) electrons. The molecule has 100 valence electrons. The second-order valence-electron chi connectivity index (χ2n) is 4.25. The number of hydrogen-bond acceptors (Lipinski definition) is 4. The highest BCUT2D eigenvalue weighted by Gasteiger charge is 2.16. The maximum absolute atomic E-state index is 11.5. The summed E-state index contributed by atoms with van der Waals surface area (Å²) in [6, 6.07) is 3.87. The Hall–Kier alpha value is -0.230. The maximum Gasteiger partial charge on any atom is 0.253 e. The summed E-state index contributed by atoms with van der Waals surface area (Å²) in [5.74, 6) is 1.17. The zero-order valence-corrected chi connectivity index (χ0v) is 12.4. The normalized spacial score (nSPS) is 16.1. The molecule has 1 N–H and O–H groups in total. The van der Waals surface area contributed by atoms with Crippen LogP contribution in [0.3, 0.4) is 0 Å². The first-order valence-electron chi connectivity index (χ1n) is 6.00. The molecule has 6 heteroatoms. The first kappa shape index (κ1) is 14.2. The van der Waals surface area contributed by atoms with Gasteiger partial charge in [0.1, 0.15) is 0 Å². The summed E-state index contributed by atoms with van der Waals surface area (Å²) in [4.78, 5) is 18.0. The summed E-state index contributed by atoms with van der Waals surface area (Å²) in [5.41, 5.74) is 2.53. The van der Waals surface area contributed by atoms with E-state index in [4.69, 9.17) is 16.4 Å². The molecule has 1 aromatic heterocycles. The maximum atomic E-state index is 11.5. The van der Waals surface area contributed by atoms with Gasteiger partial charge in [-0.25, -0.2) is 5.48 Å². The van der Waals surface area contributed by atoms with Crippen molar-refractivity contribution in [2.45, 2.75) is 37.5 Å². The Morgan fingerprint density at radius 2 is 2.28 bits per heavy atom. The summed E-state index contributed by atoms with van der Waals surface area (Å²) >= 11 is 8.96. The average molecular weight is 306 g/mol. The lowest BCUT2D eigenvalue weighted by Gasteiger charge is -2.10. The van der Waals surface area contributed by atoms with E-state index in [2.05, 4.69) is 5.48 Å². The van der Waals surface area contributed by atoms with Crippen LogP contribution in [-0.4, -0.2) is 17.8 Å². The van der Waals surface area contributed by atoms with Crippen molar-refractivity contribution in [2.75, 3.05) is 5.75 Å². The van der Waals surface area contributed by atoms with E-state index in [1.54, 1.807) is 23.1 Å². The number of hydroxylamine groups is 1. The fourth-order valence-corrected chi connectivity index (χ4v) is 3.87. The Bertz CT molecular complexity index is 391. The average Bonchev–Trinajstić information content (AvgIpc) is 2.98. The molecule has 2 rings (SSSR count). The molecule has 1 heterocycles. The predicted molar refractivity (Wildman–Crippen MR) is 77.0 cm³/mol. The molecule has 1 amide bonds. The van der Waals surface area contributed by atoms with Crippen molar-refractivity contribution < 1.29 is 9.63 Å². The molecule has 0 bridgehead atoms. The molecular weight excluding hydrogens is 290 g/mol. The van der Waals surface area contributed by atoms with Crippen LogP contribution in [0.5, 0.6) is 0 Å². The van der Waals surface area contributed by atoms with Crippen LogP contribution in [0.15, 0.2) is 12.1 Å². The molecule has 1 aromatic rings. The molecular formula is C12H16ClNO2S2. The van der Waals surface area contributed by atoms with E-state index >= 15 is 0 Å². The summed E-state index contributed by atoms with van der Waals surface area (Å²) in [5, 5.41) is 0. The van der Waals surface area contributed by atoms with Gasteiger partial charge >= 0.3 is 0 Å². The number of carbonyl (C=O) groups excluding carboxylic acids is 1. The van der Waals surface area contributed by atoms with Gasteiger partial charge < -0.3 is 0 Å². The van der Waals surface area contributed by atoms with Crippen molar-refractivity contribution in [3.05, 3.63) is 21.3 Å². The van der Waals surface area contributed by atoms with Crippen LogP contribution in [0.4, 0.5) is 0 Å². The first-order chi connectivity index (χ1) is 8.74. The molecule has 0 unspecified atom stereocenters. The van der Waals surface area contributed by atoms with Crippen LogP contribution in [0.25, 0.3) is 0 Å². The molecule has 3 nitrogen and oxygen atoms in total. The molecule has 0 aromatic carbocycles. The van der Waals surface area contributed by atoms with Gasteiger partial charge in [0.05, 0.1) is 16.2 Å². The lowest BCUT2D eigenvalue weighted by molar-refractivity contribution is -0.135. The van der Waals surface area contributed by atoms with Crippen molar-refractivity contribution in [2.24, 2.45) is 0 Å². The molecule has 1 aliphatic rings. The van der Waals surface area contributed by atoms with Crippen molar-refractivity contribution in [1.29, 1.82) is 0 Å². The van der Waals surface area contributed by atoms with E-state index in [-0.39, 0.29) is 12.0 Å².